The van der Waals surface area contributed by atoms with Gasteiger partial charge in [0.05, 0.1) is 12.2 Å². The van der Waals surface area contributed by atoms with Gasteiger partial charge < -0.3 is 10.1 Å². The molecule has 2 nitrogen and oxygen atoms in total. The third kappa shape index (κ3) is 4.36. The van der Waals surface area contributed by atoms with Crippen LogP contribution in [-0.2, 0) is 10.9 Å². The van der Waals surface area contributed by atoms with Gasteiger partial charge in [0.15, 0.2) is 0 Å². The fourth-order valence-electron chi connectivity index (χ4n) is 1.48. The molecule has 1 atom stereocenters. The molecule has 1 aromatic carbocycles. The zero-order chi connectivity index (χ0) is 12.9. The topological polar surface area (TPSA) is 21.3 Å². The summed E-state index contributed by atoms with van der Waals surface area (Å²) in [6.07, 6.45) is -4.29. The standard InChI is InChI=1S/C12H16F3NO/c1-9(16-6-7-17-2)10-4-3-5-11(8-10)12(13,14)15/h3-5,8-9,16H,6-7H2,1-2H3/t9-/m0/s1. The van der Waals surface area contributed by atoms with Crippen molar-refractivity contribution in [3.8, 4) is 0 Å². The quantitative estimate of drug-likeness (QED) is 0.808. The van der Waals surface area contributed by atoms with Gasteiger partial charge >= 0.3 is 6.18 Å². The van der Waals surface area contributed by atoms with E-state index in [2.05, 4.69) is 5.32 Å². The Kier molecular flexibility index (Phi) is 4.96. The molecule has 0 aromatic heterocycles. The number of nitrogens with one attached hydrogen (secondary N) is 1. The Labute approximate surface area is 98.8 Å². The molecule has 0 spiro atoms. The van der Waals surface area contributed by atoms with Gasteiger partial charge in [0, 0.05) is 19.7 Å². The molecule has 0 amide bonds. The van der Waals surface area contributed by atoms with Crippen molar-refractivity contribution < 1.29 is 17.9 Å². The van der Waals surface area contributed by atoms with Crippen molar-refractivity contribution in [1.82, 2.24) is 5.32 Å². The van der Waals surface area contributed by atoms with E-state index in [0.717, 1.165) is 6.07 Å². The highest BCUT2D eigenvalue weighted by Gasteiger charge is 2.30. The molecule has 0 saturated heterocycles. The van der Waals surface area contributed by atoms with Crippen molar-refractivity contribution in [2.75, 3.05) is 20.3 Å². The first-order chi connectivity index (χ1) is 7.95. The van der Waals surface area contributed by atoms with Gasteiger partial charge in [-0.1, -0.05) is 12.1 Å². The first kappa shape index (κ1) is 14.0. The summed E-state index contributed by atoms with van der Waals surface area (Å²) in [7, 11) is 1.58. The van der Waals surface area contributed by atoms with Crippen LogP contribution in [0.25, 0.3) is 0 Å². The minimum Gasteiger partial charge on any atom is -0.383 e. The summed E-state index contributed by atoms with van der Waals surface area (Å²) in [5.74, 6) is 0. The molecule has 0 heterocycles. The Morgan fingerprint density at radius 1 is 1.35 bits per heavy atom. The van der Waals surface area contributed by atoms with Crippen molar-refractivity contribution in [3.63, 3.8) is 0 Å². The predicted molar refractivity (Wildman–Crippen MR) is 59.7 cm³/mol. The Hall–Kier alpha value is -1.07. The van der Waals surface area contributed by atoms with Crippen LogP contribution in [0, 0.1) is 0 Å². The molecule has 0 aliphatic heterocycles. The second-order valence-corrected chi connectivity index (χ2v) is 3.79. The van der Waals surface area contributed by atoms with Gasteiger partial charge in [-0.2, -0.15) is 13.2 Å². The first-order valence-corrected chi connectivity index (χ1v) is 5.34. The molecular weight excluding hydrogens is 231 g/mol. The monoisotopic (exact) mass is 247 g/mol. The Morgan fingerprint density at radius 3 is 2.65 bits per heavy atom. The lowest BCUT2D eigenvalue weighted by Gasteiger charge is -2.15. The van der Waals surface area contributed by atoms with E-state index < -0.39 is 11.7 Å². The highest BCUT2D eigenvalue weighted by atomic mass is 19.4. The van der Waals surface area contributed by atoms with Gasteiger partial charge in [0.2, 0.25) is 0 Å². The lowest BCUT2D eigenvalue weighted by Crippen LogP contribution is -2.23. The Morgan fingerprint density at radius 2 is 2.06 bits per heavy atom. The summed E-state index contributed by atoms with van der Waals surface area (Å²) in [6, 6.07) is 5.22. The summed E-state index contributed by atoms with van der Waals surface area (Å²) < 4.78 is 42.4. The third-order valence-corrected chi connectivity index (χ3v) is 2.47. The lowest BCUT2D eigenvalue weighted by molar-refractivity contribution is -0.137. The molecule has 0 aliphatic carbocycles. The van der Waals surface area contributed by atoms with Crippen LogP contribution in [0.4, 0.5) is 13.2 Å². The Balaban J connectivity index is 2.71. The second-order valence-electron chi connectivity index (χ2n) is 3.79. The summed E-state index contributed by atoms with van der Waals surface area (Å²) in [6.45, 7) is 2.96. The van der Waals surface area contributed by atoms with Crippen molar-refractivity contribution in [2.45, 2.75) is 19.1 Å². The van der Waals surface area contributed by atoms with E-state index in [4.69, 9.17) is 4.74 Å². The highest BCUT2D eigenvalue weighted by Crippen LogP contribution is 2.30. The van der Waals surface area contributed by atoms with Crippen LogP contribution in [0.5, 0.6) is 0 Å². The van der Waals surface area contributed by atoms with Gasteiger partial charge in [-0.05, 0) is 24.6 Å². The molecule has 0 radical (unpaired) electrons. The second kappa shape index (κ2) is 6.02. The SMILES string of the molecule is COCCN[C@@H](C)c1cccc(C(F)(F)F)c1. The Bertz CT molecular complexity index is 352. The van der Waals surface area contributed by atoms with Crippen LogP contribution in [0.2, 0.25) is 0 Å². The fraction of sp³-hybridized carbons (Fsp3) is 0.500. The number of methoxy groups -OCH3 is 1. The molecule has 1 rings (SSSR count). The molecule has 17 heavy (non-hydrogen) atoms. The van der Waals surface area contributed by atoms with Crippen LogP contribution in [0.15, 0.2) is 24.3 Å². The molecule has 96 valence electrons. The van der Waals surface area contributed by atoms with Crippen molar-refractivity contribution in [2.24, 2.45) is 0 Å². The third-order valence-electron chi connectivity index (χ3n) is 2.47. The summed E-state index contributed by atoms with van der Waals surface area (Å²) in [4.78, 5) is 0. The van der Waals surface area contributed by atoms with Gasteiger partial charge in [-0.25, -0.2) is 0 Å². The van der Waals surface area contributed by atoms with Gasteiger partial charge in [0.1, 0.15) is 0 Å². The number of rotatable bonds is 5. The van der Waals surface area contributed by atoms with Crippen molar-refractivity contribution in [3.05, 3.63) is 35.4 Å². The molecule has 0 fully saturated rings. The molecule has 5 heteroatoms. The minimum absolute atomic E-state index is 0.132. The lowest BCUT2D eigenvalue weighted by atomic mass is 10.0. The van der Waals surface area contributed by atoms with Gasteiger partial charge in [0.25, 0.3) is 0 Å². The number of hydrogen-bond acceptors (Lipinski definition) is 2. The van der Waals surface area contributed by atoms with E-state index in [1.807, 2.05) is 6.92 Å². The molecule has 1 N–H and O–H groups in total. The molecular formula is C12H16F3NO. The largest absolute Gasteiger partial charge is 0.416 e. The normalized spacial score (nSPS) is 13.7. The maximum atomic E-state index is 12.5. The smallest absolute Gasteiger partial charge is 0.383 e. The summed E-state index contributed by atoms with van der Waals surface area (Å²) in [5.41, 5.74) is 0.00585. The van der Waals surface area contributed by atoms with E-state index in [-0.39, 0.29) is 6.04 Å². The molecule has 0 bridgehead atoms. The van der Waals surface area contributed by atoms with E-state index in [9.17, 15) is 13.2 Å². The maximum Gasteiger partial charge on any atom is 0.416 e. The number of halogens is 3. The fourth-order valence-corrected chi connectivity index (χ4v) is 1.48. The van der Waals surface area contributed by atoms with Crippen molar-refractivity contribution in [1.29, 1.82) is 0 Å². The summed E-state index contributed by atoms with van der Waals surface area (Å²) >= 11 is 0. The van der Waals surface area contributed by atoms with Crippen LogP contribution in [0.1, 0.15) is 24.1 Å². The van der Waals surface area contributed by atoms with Crippen molar-refractivity contribution >= 4 is 0 Å². The highest BCUT2D eigenvalue weighted by molar-refractivity contribution is 5.27. The van der Waals surface area contributed by atoms with Gasteiger partial charge in [-0.3, -0.25) is 0 Å². The van der Waals surface area contributed by atoms with Crippen LogP contribution in [-0.4, -0.2) is 20.3 Å². The van der Waals surface area contributed by atoms with Gasteiger partial charge in [-0.15, -0.1) is 0 Å². The zero-order valence-electron chi connectivity index (χ0n) is 9.84. The average molecular weight is 247 g/mol. The first-order valence-electron chi connectivity index (χ1n) is 5.34. The maximum absolute atomic E-state index is 12.5. The van der Waals surface area contributed by atoms with Crippen LogP contribution < -0.4 is 5.32 Å². The molecule has 0 saturated carbocycles. The summed E-state index contributed by atoms with van der Waals surface area (Å²) in [5, 5.41) is 3.09. The predicted octanol–water partition coefficient (Wildman–Crippen LogP) is 3.00. The minimum atomic E-state index is -4.29. The molecule has 1 aromatic rings. The van der Waals surface area contributed by atoms with E-state index in [1.165, 1.54) is 12.1 Å². The number of benzene rings is 1. The van der Waals surface area contributed by atoms with E-state index >= 15 is 0 Å². The van der Waals surface area contributed by atoms with E-state index in [0.29, 0.717) is 18.7 Å². The number of alkyl halides is 3. The van der Waals surface area contributed by atoms with Crippen LogP contribution >= 0.6 is 0 Å². The van der Waals surface area contributed by atoms with E-state index in [1.54, 1.807) is 13.2 Å². The van der Waals surface area contributed by atoms with Crippen LogP contribution in [0.3, 0.4) is 0 Å². The zero-order valence-corrected chi connectivity index (χ0v) is 9.84. The molecule has 0 unspecified atom stereocenters. The average Bonchev–Trinajstić information content (AvgIpc) is 2.28. The number of hydrogen-bond donors (Lipinski definition) is 1. The molecule has 0 aliphatic rings. The number of ether oxygens (including phenoxy) is 1.